The zero-order valence-electron chi connectivity index (χ0n) is 9.93. The number of hydroxylamine groups is 1. The van der Waals surface area contributed by atoms with Gasteiger partial charge in [-0.15, -0.1) is 0 Å². The lowest BCUT2D eigenvalue weighted by atomic mass is 10.2. The monoisotopic (exact) mass is 249 g/mol. The molecule has 0 unspecified atom stereocenters. The summed E-state index contributed by atoms with van der Waals surface area (Å²) in [5, 5.41) is 8.62. The highest BCUT2D eigenvalue weighted by Crippen LogP contribution is 2.30. The summed E-state index contributed by atoms with van der Waals surface area (Å²) in [5.41, 5.74) is 2.45. The van der Waals surface area contributed by atoms with Crippen molar-refractivity contribution in [3.8, 4) is 0 Å². The molecule has 6 nitrogen and oxygen atoms in total. The van der Waals surface area contributed by atoms with Crippen LogP contribution in [0.5, 0.6) is 0 Å². The Morgan fingerprint density at radius 2 is 2.17 bits per heavy atom. The van der Waals surface area contributed by atoms with Gasteiger partial charge in [0.05, 0.1) is 5.56 Å². The average Bonchev–Trinajstić information content (AvgIpc) is 3.14. The normalized spacial score (nSPS) is 19.4. The van der Waals surface area contributed by atoms with Gasteiger partial charge in [-0.25, -0.2) is 5.48 Å². The van der Waals surface area contributed by atoms with E-state index in [-0.39, 0.29) is 5.91 Å². The molecule has 2 aliphatic rings. The Bertz CT molecular complexity index is 505. The van der Waals surface area contributed by atoms with Crippen molar-refractivity contribution in [3.05, 3.63) is 23.5 Å². The molecule has 2 heterocycles. The lowest BCUT2D eigenvalue weighted by Crippen LogP contribution is -2.33. The molecule has 1 aliphatic heterocycles. The van der Waals surface area contributed by atoms with Crippen molar-refractivity contribution in [2.45, 2.75) is 31.8 Å². The zero-order valence-corrected chi connectivity index (χ0v) is 9.93. The molecule has 1 saturated carbocycles. The highest BCUT2D eigenvalue weighted by atomic mass is 16.5. The van der Waals surface area contributed by atoms with Crippen LogP contribution in [0.25, 0.3) is 0 Å². The molecule has 1 aromatic rings. The van der Waals surface area contributed by atoms with Crippen LogP contribution < -0.4 is 5.48 Å². The highest BCUT2D eigenvalue weighted by Gasteiger charge is 2.35. The molecule has 1 aliphatic carbocycles. The summed E-state index contributed by atoms with van der Waals surface area (Å²) in [7, 11) is 0. The molecule has 0 aromatic carbocycles. The number of aryl methyl sites for hydroxylation is 1. The third-order valence-corrected chi connectivity index (χ3v) is 3.53. The summed E-state index contributed by atoms with van der Waals surface area (Å²) in [4.78, 5) is 25.6. The van der Waals surface area contributed by atoms with Crippen LogP contribution in [0.3, 0.4) is 0 Å². The van der Waals surface area contributed by atoms with Gasteiger partial charge in [0.25, 0.3) is 11.8 Å². The van der Waals surface area contributed by atoms with Crippen molar-refractivity contribution in [1.82, 2.24) is 14.9 Å². The second-order valence-corrected chi connectivity index (χ2v) is 4.83. The molecule has 0 spiro atoms. The number of carbonyl (C=O) groups excluding carboxylic acids is 2. The molecule has 2 amide bonds. The SMILES string of the molecule is O=C(NO)c1cc2n(c1)CCCN(C1CC1)C2=O. The Morgan fingerprint density at radius 1 is 1.39 bits per heavy atom. The van der Waals surface area contributed by atoms with Gasteiger partial charge < -0.3 is 9.47 Å². The first-order valence-corrected chi connectivity index (χ1v) is 6.16. The van der Waals surface area contributed by atoms with Crippen LogP contribution in [0, 0.1) is 0 Å². The molecule has 18 heavy (non-hydrogen) atoms. The van der Waals surface area contributed by atoms with Gasteiger partial charge in [0.2, 0.25) is 0 Å². The summed E-state index contributed by atoms with van der Waals surface area (Å²) in [5.74, 6) is -0.590. The number of nitrogens with zero attached hydrogens (tertiary/aromatic N) is 2. The molecule has 0 bridgehead atoms. The molecule has 2 N–H and O–H groups in total. The summed E-state index contributed by atoms with van der Waals surface area (Å²) < 4.78 is 1.80. The van der Waals surface area contributed by atoms with E-state index >= 15 is 0 Å². The molecule has 96 valence electrons. The van der Waals surface area contributed by atoms with E-state index in [4.69, 9.17) is 5.21 Å². The fourth-order valence-electron chi connectivity index (χ4n) is 2.46. The van der Waals surface area contributed by atoms with Crippen LogP contribution in [0.2, 0.25) is 0 Å². The van der Waals surface area contributed by atoms with E-state index in [1.54, 1.807) is 22.3 Å². The first-order chi connectivity index (χ1) is 8.70. The van der Waals surface area contributed by atoms with Gasteiger partial charge in [-0.05, 0) is 25.3 Å². The summed E-state index contributed by atoms with van der Waals surface area (Å²) >= 11 is 0. The van der Waals surface area contributed by atoms with Gasteiger partial charge in [-0.1, -0.05) is 0 Å². The number of fused-ring (bicyclic) bond motifs is 1. The van der Waals surface area contributed by atoms with Gasteiger partial charge in [-0.2, -0.15) is 0 Å². The van der Waals surface area contributed by atoms with E-state index in [1.807, 2.05) is 4.90 Å². The van der Waals surface area contributed by atoms with Crippen LogP contribution in [-0.4, -0.2) is 39.1 Å². The number of amides is 2. The maximum Gasteiger partial charge on any atom is 0.276 e. The van der Waals surface area contributed by atoms with Crippen molar-refractivity contribution in [2.24, 2.45) is 0 Å². The van der Waals surface area contributed by atoms with Crippen molar-refractivity contribution in [2.75, 3.05) is 6.54 Å². The minimum absolute atomic E-state index is 0.00742. The number of hydrogen-bond donors (Lipinski definition) is 2. The topological polar surface area (TPSA) is 74.6 Å². The number of hydrogen-bond acceptors (Lipinski definition) is 3. The lowest BCUT2D eigenvalue weighted by molar-refractivity contribution is 0.0706. The van der Waals surface area contributed by atoms with Crippen molar-refractivity contribution in [1.29, 1.82) is 0 Å². The summed E-state index contributed by atoms with van der Waals surface area (Å²) in [6.45, 7) is 1.51. The Hall–Kier alpha value is -1.82. The molecule has 6 heteroatoms. The fourth-order valence-corrected chi connectivity index (χ4v) is 2.46. The maximum absolute atomic E-state index is 12.4. The second-order valence-electron chi connectivity index (χ2n) is 4.83. The fraction of sp³-hybridized carbons (Fsp3) is 0.500. The van der Waals surface area contributed by atoms with E-state index in [9.17, 15) is 9.59 Å². The molecular formula is C12H15N3O3. The van der Waals surface area contributed by atoms with Crippen molar-refractivity contribution >= 4 is 11.8 Å². The summed E-state index contributed by atoms with van der Waals surface area (Å²) in [6, 6.07) is 1.93. The predicted molar refractivity (Wildman–Crippen MR) is 62.4 cm³/mol. The largest absolute Gasteiger partial charge is 0.343 e. The van der Waals surface area contributed by atoms with E-state index in [0.29, 0.717) is 17.3 Å². The van der Waals surface area contributed by atoms with Crippen LogP contribution in [0.4, 0.5) is 0 Å². The molecule has 1 fully saturated rings. The van der Waals surface area contributed by atoms with Crippen LogP contribution in [-0.2, 0) is 6.54 Å². The molecule has 0 radical (unpaired) electrons. The predicted octanol–water partition coefficient (Wildman–Crippen LogP) is 0.615. The van der Waals surface area contributed by atoms with Crippen molar-refractivity contribution < 1.29 is 14.8 Å². The van der Waals surface area contributed by atoms with E-state index in [1.165, 1.54) is 0 Å². The first kappa shape index (κ1) is 11.3. The lowest BCUT2D eigenvalue weighted by Gasteiger charge is -2.19. The molecular weight excluding hydrogens is 234 g/mol. The summed E-state index contributed by atoms with van der Waals surface area (Å²) in [6.07, 6.45) is 4.67. The molecule has 3 rings (SSSR count). The number of nitrogens with one attached hydrogen (secondary N) is 1. The Morgan fingerprint density at radius 3 is 2.83 bits per heavy atom. The van der Waals surface area contributed by atoms with E-state index < -0.39 is 5.91 Å². The average molecular weight is 249 g/mol. The smallest absolute Gasteiger partial charge is 0.276 e. The van der Waals surface area contributed by atoms with Crippen LogP contribution in [0.1, 0.15) is 40.1 Å². The minimum atomic E-state index is -0.582. The van der Waals surface area contributed by atoms with E-state index in [0.717, 1.165) is 32.4 Å². The molecule has 1 aromatic heterocycles. The number of carbonyl (C=O) groups is 2. The minimum Gasteiger partial charge on any atom is -0.343 e. The Kier molecular flexibility index (Phi) is 2.59. The van der Waals surface area contributed by atoms with Gasteiger partial charge in [0.15, 0.2) is 0 Å². The van der Waals surface area contributed by atoms with Gasteiger partial charge in [0, 0.05) is 25.3 Å². The Balaban J connectivity index is 1.94. The van der Waals surface area contributed by atoms with Gasteiger partial charge in [0.1, 0.15) is 5.69 Å². The third-order valence-electron chi connectivity index (χ3n) is 3.53. The maximum atomic E-state index is 12.4. The van der Waals surface area contributed by atoms with Gasteiger partial charge >= 0.3 is 0 Å². The molecule has 0 atom stereocenters. The number of rotatable bonds is 2. The number of aromatic nitrogens is 1. The zero-order chi connectivity index (χ0) is 12.7. The van der Waals surface area contributed by atoms with Gasteiger partial charge in [-0.3, -0.25) is 14.8 Å². The highest BCUT2D eigenvalue weighted by molar-refractivity contribution is 5.99. The third kappa shape index (κ3) is 1.78. The van der Waals surface area contributed by atoms with Crippen LogP contribution >= 0.6 is 0 Å². The van der Waals surface area contributed by atoms with Crippen LogP contribution in [0.15, 0.2) is 12.3 Å². The molecule has 0 saturated heterocycles. The van der Waals surface area contributed by atoms with E-state index in [2.05, 4.69) is 0 Å². The second kappa shape index (κ2) is 4.13. The quantitative estimate of drug-likeness (QED) is 0.596. The first-order valence-electron chi connectivity index (χ1n) is 6.16. The Labute approximate surface area is 104 Å². The van der Waals surface area contributed by atoms with Crippen molar-refractivity contribution in [3.63, 3.8) is 0 Å². The standard InChI is InChI=1S/C12H15N3O3/c16-11(13-18)8-6-10-12(17)15(9-2-3-9)5-1-4-14(10)7-8/h6-7,9,18H,1-5H2,(H,13,16).